The van der Waals surface area contributed by atoms with Crippen LogP contribution in [0.2, 0.25) is 0 Å². The Bertz CT molecular complexity index is 1220. The number of methoxy groups -OCH3 is 1. The Kier molecular flexibility index (Phi) is 5.81. The van der Waals surface area contributed by atoms with Crippen LogP contribution < -0.4 is 26.2 Å². The summed E-state index contributed by atoms with van der Waals surface area (Å²) in [5.41, 5.74) is 0.249. The zero-order valence-electron chi connectivity index (χ0n) is 17.8. The molecule has 3 aromatic rings. The molecule has 1 aromatic carbocycles. The molecule has 2 aromatic heterocycles. The Morgan fingerprint density at radius 1 is 1.23 bits per heavy atom. The molecule has 1 saturated heterocycles. The first-order chi connectivity index (χ1) is 14.9. The summed E-state index contributed by atoms with van der Waals surface area (Å²) < 4.78 is 7.87. The number of fused-ring (bicyclic) bond motifs is 1. The minimum Gasteiger partial charge on any atom is -0.497 e. The Labute approximate surface area is 182 Å². The van der Waals surface area contributed by atoms with Gasteiger partial charge in [-0.15, -0.1) is 0 Å². The topological polar surface area (TPSA) is 98.5 Å². The molecule has 1 aliphatic rings. The van der Waals surface area contributed by atoms with E-state index < -0.39 is 5.69 Å². The number of hydrogen-bond donors (Lipinski definition) is 1. The first-order valence-electron chi connectivity index (χ1n) is 10.2. The van der Waals surface area contributed by atoms with Crippen LogP contribution in [0.4, 0.5) is 5.13 Å². The number of nitrogens with zero attached hydrogens (tertiary/aromatic N) is 4. The van der Waals surface area contributed by atoms with Crippen molar-refractivity contribution in [2.75, 3.05) is 25.1 Å². The van der Waals surface area contributed by atoms with Gasteiger partial charge in [-0.3, -0.25) is 18.7 Å². The molecule has 1 amide bonds. The van der Waals surface area contributed by atoms with Gasteiger partial charge in [0.05, 0.1) is 13.2 Å². The van der Waals surface area contributed by atoms with E-state index in [9.17, 15) is 14.4 Å². The Hall–Kier alpha value is -3.14. The number of amides is 1. The summed E-state index contributed by atoms with van der Waals surface area (Å²) in [4.78, 5) is 44.8. The number of carbonyl (C=O) groups is 1. The molecule has 9 nitrogen and oxygen atoms in total. The zero-order valence-corrected chi connectivity index (χ0v) is 18.6. The van der Waals surface area contributed by atoms with Crippen LogP contribution in [0.3, 0.4) is 0 Å². The summed E-state index contributed by atoms with van der Waals surface area (Å²) in [5, 5.41) is 3.63. The highest BCUT2D eigenvalue weighted by Crippen LogP contribution is 2.28. The van der Waals surface area contributed by atoms with Gasteiger partial charge in [0, 0.05) is 20.1 Å². The highest BCUT2D eigenvalue weighted by molar-refractivity contribution is 7.22. The second-order valence-electron chi connectivity index (χ2n) is 7.64. The molecule has 0 spiro atoms. The largest absolute Gasteiger partial charge is 0.497 e. The molecule has 4 rings (SSSR count). The number of rotatable bonds is 6. The minimum absolute atomic E-state index is 0.215. The fraction of sp³-hybridized carbons (Fsp3) is 0.429. The maximum atomic E-state index is 12.8. The molecule has 0 radical (unpaired) electrons. The Morgan fingerprint density at radius 2 is 1.90 bits per heavy atom. The first-order valence-corrected chi connectivity index (χ1v) is 11.0. The van der Waals surface area contributed by atoms with Crippen LogP contribution in [0, 0.1) is 0 Å². The SMILES string of the molecule is COc1ccc(C(C)NC(=O)Cn2c(=O)n(C)c(=O)c3sc(N4CCCC4)nc32)cc1. The number of aromatic nitrogens is 3. The van der Waals surface area contributed by atoms with Crippen LogP contribution in [0.5, 0.6) is 5.75 Å². The summed E-state index contributed by atoms with van der Waals surface area (Å²) in [6.45, 7) is 3.41. The number of nitrogens with one attached hydrogen (secondary N) is 1. The number of thiazole rings is 1. The van der Waals surface area contributed by atoms with Gasteiger partial charge in [-0.05, 0) is 37.5 Å². The van der Waals surface area contributed by atoms with E-state index in [1.807, 2.05) is 31.2 Å². The van der Waals surface area contributed by atoms with Gasteiger partial charge in [0.2, 0.25) is 5.91 Å². The molecule has 3 heterocycles. The Morgan fingerprint density at radius 3 is 2.55 bits per heavy atom. The van der Waals surface area contributed by atoms with E-state index >= 15 is 0 Å². The van der Waals surface area contributed by atoms with E-state index in [1.54, 1.807) is 7.11 Å². The predicted octanol–water partition coefficient (Wildman–Crippen LogP) is 1.64. The van der Waals surface area contributed by atoms with Crippen molar-refractivity contribution in [1.29, 1.82) is 0 Å². The maximum Gasteiger partial charge on any atom is 0.332 e. The molecule has 31 heavy (non-hydrogen) atoms. The highest BCUT2D eigenvalue weighted by Gasteiger charge is 2.22. The molecule has 1 fully saturated rings. The highest BCUT2D eigenvalue weighted by atomic mass is 32.1. The molecule has 1 N–H and O–H groups in total. The van der Waals surface area contributed by atoms with Crippen LogP contribution in [-0.2, 0) is 18.4 Å². The average Bonchev–Trinajstić information content (AvgIpc) is 3.45. The van der Waals surface area contributed by atoms with Crippen molar-refractivity contribution in [3.05, 3.63) is 50.7 Å². The van der Waals surface area contributed by atoms with Crippen molar-refractivity contribution in [2.24, 2.45) is 7.05 Å². The van der Waals surface area contributed by atoms with Gasteiger partial charge < -0.3 is 15.0 Å². The third-order valence-electron chi connectivity index (χ3n) is 5.54. The lowest BCUT2D eigenvalue weighted by atomic mass is 10.1. The van der Waals surface area contributed by atoms with Crippen LogP contribution in [0.15, 0.2) is 33.9 Å². The second kappa shape index (κ2) is 8.54. The molecule has 1 aliphatic heterocycles. The lowest BCUT2D eigenvalue weighted by molar-refractivity contribution is -0.122. The lowest BCUT2D eigenvalue weighted by Crippen LogP contribution is -2.41. The minimum atomic E-state index is -0.553. The summed E-state index contributed by atoms with van der Waals surface area (Å²) in [6.07, 6.45) is 2.15. The van der Waals surface area contributed by atoms with Gasteiger partial charge >= 0.3 is 5.69 Å². The van der Waals surface area contributed by atoms with Crippen LogP contribution >= 0.6 is 11.3 Å². The number of carbonyl (C=O) groups excluding carboxylic acids is 1. The van der Waals surface area contributed by atoms with Crippen LogP contribution in [0.1, 0.15) is 31.4 Å². The number of anilines is 1. The summed E-state index contributed by atoms with van der Waals surface area (Å²) in [5.74, 6) is 0.403. The predicted molar refractivity (Wildman–Crippen MR) is 120 cm³/mol. The average molecular weight is 444 g/mol. The van der Waals surface area contributed by atoms with Gasteiger partial charge in [0.1, 0.15) is 17.0 Å². The normalized spacial score (nSPS) is 14.7. The van der Waals surface area contributed by atoms with Gasteiger partial charge in [-0.25, -0.2) is 9.78 Å². The summed E-state index contributed by atoms with van der Waals surface area (Å²) in [7, 11) is 3.02. The van der Waals surface area contributed by atoms with E-state index in [0.717, 1.165) is 46.9 Å². The van der Waals surface area contributed by atoms with Crippen molar-refractivity contribution in [2.45, 2.75) is 32.4 Å². The third-order valence-corrected chi connectivity index (χ3v) is 6.64. The molecule has 0 bridgehead atoms. The molecule has 10 heteroatoms. The molecular weight excluding hydrogens is 418 g/mol. The van der Waals surface area contributed by atoms with E-state index in [2.05, 4.69) is 15.2 Å². The van der Waals surface area contributed by atoms with E-state index in [-0.39, 0.29) is 29.7 Å². The van der Waals surface area contributed by atoms with Crippen molar-refractivity contribution < 1.29 is 9.53 Å². The lowest BCUT2D eigenvalue weighted by Gasteiger charge is -2.16. The number of hydrogen-bond acceptors (Lipinski definition) is 7. The van der Waals surface area contributed by atoms with Crippen molar-refractivity contribution >= 4 is 32.7 Å². The molecule has 1 atom stereocenters. The van der Waals surface area contributed by atoms with Crippen molar-refractivity contribution in [3.8, 4) is 5.75 Å². The van der Waals surface area contributed by atoms with E-state index in [1.165, 1.54) is 23.0 Å². The number of ether oxygens (including phenoxy) is 1. The maximum absolute atomic E-state index is 12.8. The first kappa shape index (κ1) is 21.1. The standard InChI is InChI=1S/C21H25N5O4S/c1-13(14-6-8-15(30-3)9-7-14)22-16(27)12-26-18-17(19(28)24(2)21(26)29)31-20(23-18)25-10-4-5-11-25/h6-9,13H,4-5,10-12H2,1-3H3,(H,22,27). The van der Waals surface area contributed by atoms with Crippen molar-refractivity contribution in [1.82, 2.24) is 19.4 Å². The van der Waals surface area contributed by atoms with Gasteiger partial charge in [0.15, 0.2) is 10.8 Å². The zero-order chi connectivity index (χ0) is 22.1. The van der Waals surface area contributed by atoms with Gasteiger partial charge in [0.25, 0.3) is 5.56 Å². The van der Waals surface area contributed by atoms with Crippen LogP contribution in [-0.4, -0.2) is 40.2 Å². The molecule has 164 valence electrons. The van der Waals surface area contributed by atoms with E-state index in [0.29, 0.717) is 4.70 Å². The smallest absolute Gasteiger partial charge is 0.332 e. The second-order valence-corrected chi connectivity index (χ2v) is 8.62. The molecule has 0 saturated carbocycles. The molecular formula is C21H25N5O4S. The Balaban J connectivity index is 1.61. The van der Waals surface area contributed by atoms with Crippen LogP contribution in [0.25, 0.3) is 10.3 Å². The monoisotopic (exact) mass is 443 g/mol. The number of benzene rings is 1. The van der Waals surface area contributed by atoms with Gasteiger partial charge in [-0.2, -0.15) is 0 Å². The van der Waals surface area contributed by atoms with E-state index in [4.69, 9.17) is 4.74 Å². The van der Waals surface area contributed by atoms with Crippen molar-refractivity contribution in [3.63, 3.8) is 0 Å². The summed E-state index contributed by atoms with van der Waals surface area (Å²) >= 11 is 1.28. The quantitative estimate of drug-likeness (QED) is 0.622. The molecule has 0 aliphatic carbocycles. The third kappa shape index (κ3) is 4.07. The molecule has 1 unspecified atom stereocenters. The summed E-state index contributed by atoms with van der Waals surface area (Å²) in [6, 6.07) is 7.15. The fourth-order valence-corrected chi connectivity index (χ4v) is 4.82. The fourth-order valence-electron chi connectivity index (χ4n) is 3.73. The van der Waals surface area contributed by atoms with Gasteiger partial charge in [-0.1, -0.05) is 23.5 Å².